The highest BCUT2D eigenvalue weighted by Crippen LogP contribution is 2.52. The standard InChI is InChI=1S/C14H21NO/c1-15-8-6-14(7-9-15)10-13(16)11-4-2-3-5-12(11)14/h2-10H2,1H3. The monoisotopic (exact) mass is 219 g/mol. The molecule has 2 aliphatic carbocycles. The summed E-state index contributed by atoms with van der Waals surface area (Å²) in [7, 11) is 2.19. The Labute approximate surface area is 97.7 Å². The zero-order valence-corrected chi connectivity index (χ0v) is 10.2. The van der Waals surface area contributed by atoms with E-state index in [2.05, 4.69) is 11.9 Å². The second-order valence-corrected chi connectivity index (χ2v) is 5.85. The summed E-state index contributed by atoms with van der Waals surface area (Å²) >= 11 is 0. The van der Waals surface area contributed by atoms with Crippen molar-refractivity contribution in [1.82, 2.24) is 4.90 Å². The lowest BCUT2D eigenvalue weighted by Crippen LogP contribution is -2.38. The van der Waals surface area contributed by atoms with E-state index in [1.165, 1.54) is 50.8 Å². The molecule has 0 amide bonds. The molecular weight excluding hydrogens is 198 g/mol. The van der Waals surface area contributed by atoms with Crippen LogP contribution in [0.4, 0.5) is 0 Å². The van der Waals surface area contributed by atoms with Crippen molar-refractivity contribution in [2.24, 2.45) is 5.41 Å². The number of ketones is 1. The van der Waals surface area contributed by atoms with Crippen molar-refractivity contribution in [3.63, 3.8) is 0 Å². The Kier molecular flexibility index (Phi) is 2.43. The van der Waals surface area contributed by atoms with Crippen LogP contribution >= 0.6 is 0 Å². The van der Waals surface area contributed by atoms with Crippen molar-refractivity contribution in [2.75, 3.05) is 20.1 Å². The molecule has 0 atom stereocenters. The highest BCUT2D eigenvalue weighted by Gasteiger charge is 2.46. The van der Waals surface area contributed by atoms with Crippen LogP contribution in [0, 0.1) is 5.41 Å². The van der Waals surface area contributed by atoms with E-state index < -0.39 is 0 Å². The summed E-state index contributed by atoms with van der Waals surface area (Å²) in [6.07, 6.45) is 8.11. The van der Waals surface area contributed by atoms with Gasteiger partial charge in [-0.1, -0.05) is 5.57 Å². The first-order chi connectivity index (χ1) is 7.71. The Morgan fingerprint density at radius 3 is 2.56 bits per heavy atom. The summed E-state index contributed by atoms with van der Waals surface area (Å²) < 4.78 is 0. The van der Waals surface area contributed by atoms with Crippen LogP contribution in [0.1, 0.15) is 44.9 Å². The number of carbonyl (C=O) groups is 1. The maximum atomic E-state index is 12.1. The number of Topliss-reactive ketones (excluding diaryl/α,β-unsaturated/α-hetero) is 1. The number of hydrogen-bond acceptors (Lipinski definition) is 2. The van der Waals surface area contributed by atoms with E-state index in [9.17, 15) is 4.79 Å². The third kappa shape index (κ3) is 1.46. The van der Waals surface area contributed by atoms with E-state index in [4.69, 9.17) is 0 Å². The summed E-state index contributed by atoms with van der Waals surface area (Å²) in [5.74, 6) is 0.485. The number of rotatable bonds is 0. The van der Waals surface area contributed by atoms with Gasteiger partial charge in [0.15, 0.2) is 5.78 Å². The molecule has 3 rings (SSSR count). The molecule has 0 aromatic carbocycles. The van der Waals surface area contributed by atoms with Crippen molar-refractivity contribution in [2.45, 2.75) is 44.9 Å². The van der Waals surface area contributed by atoms with Crippen molar-refractivity contribution >= 4 is 5.78 Å². The van der Waals surface area contributed by atoms with E-state index >= 15 is 0 Å². The molecule has 3 aliphatic rings. The Morgan fingerprint density at radius 2 is 1.81 bits per heavy atom. The maximum absolute atomic E-state index is 12.1. The molecule has 0 N–H and O–H groups in total. The molecule has 2 heteroatoms. The van der Waals surface area contributed by atoms with E-state index in [-0.39, 0.29) is 0 Å². The van der Waals surface area contributed by atoms with Crippen LogP contribution in [0.2, 0.25) is 0 Å². The summed E-state index contributed by atoms with van der Waals surface area (Å²) in [5.41, 5.74) is 3.13. The quantitative estimate of drug-likeness (QED) is 0.624. The van der Waals surface area contributed by atoms with Crippen molar-refractivity contribution in [1.29, 1.82) is 0 Å². The van der Waals surface area contributed by atoms with E-state index in [1.54, 1.807) is 5.57 Å². The highest BCUT2D eigenvalue weighted by molar-refractivity contribution is 6.00. The van der Waals surface area contributed by atoms with Gasteiger partial charge in [-0.05, 0) is 64.2 Å². The third-order valence-electron chi connectivity index (χ3n) is 4.89. The van der Waals surface area contributed by atoms with Crippen LogP contribution in [-0.2, 0) is 4.79 Å². The summed E-state index contributed by atoms with van der Waals surface area (Å²) in [6.45, 7) is 2.34. The predicted molar refractivity (Wildman–Crippen MR) is 64.3 cm³/mol. The lowest BCUT2D eigenvalue weighted by molar-refractivity contribution is -0.116. The molecule has 0 unspecified atom stereocenters. The molecule has 1 aliphatic heterocycles. The first kappa shape index (κ1) is 10.5. The van der Waals surface area contributed by atoms with Gasteiger partial charge in [-0.2, -0.15) is 0 Å². The Hall–Kier alpha value is -0.630. The molecule has 1 heterocycles. The van der Waals surface area contributed by atoms with E-state index in [0.717, 1.165) is 12.8 Å². The van der Waals surface area contributed by atoms with Crippen LogP contribution < -0.4 is 0 Å². The minimum atomic E-state index is 0.305. The van der Waals surface area contributed by atoms with Gasteiger partial charge in [-0.3, -0.25) is 4.79 Å². The zero-order chi connectivity index (χ0) is 11.2. The van der Waals surface area contributed by atoms with Crippen LogP contribution in [0.5, 0.6) is 0 Å². The van der Waals surface area contributed by atoms with Crippen molar-refractivity contribution < 1.29 is 4.79 Å². The van der Waals surface area contributed by atoms with Gasteiger partial charge in [0.05, 0.1) is 0 Å². The van der Waals surface area contributed by atoms with E-state index in [0.29, 0.717) is 11.2 Å². The third-order valence-corrected chi connectivity index (χ3v) is 4.89. The number of carbonyl (C=O) groups excluding carboxylic acids is 1. The van der Waals surface area contributed by atoms with Crippen LogP contribution in [0.15, 0.2) is 11.1 Å². The normalized spacial score (nSPS) is 29.9. The van der Waals surface area contributed by atoms with Gasteiger partial charge < -0.3 is 4.90 Å². The lowest BCUT2D eigenvalue weighted by Gasteiger charge is -2.40. The zero-order valence-electron chi connectivity index (χ0n) is 10.2. The Bertz CT molecular complexity index is 348. The van der Waals surface area contributed by atoms with Crippen LogP contribution in [0.25, 0.3) is 0 Å². The largest absolute Gasteiger partial charge is 0.306 e. The van der Waals surface area contributed by atoms with Gasteiger partial charge in [0.2, 0.25) is 0 Å². The molecule has 0 aromatic heterocycles. The number of fused-ring (bicyclic) bond motifs is 1. The molecule has 2 nitrogen and oxygen atoms in total. The summed E-state index contributed by atoms with van der Waals surface area (Å²) in [4.78, 5) is 14.5. The molecular formula is C14H21NO. The van der Waals surface area contributed by atoms with Gasteiger partial charge in [0, 0.05) is 11.8 Å². The molecule has 1 spiro atoms. The summed E-state index contributed by atoms with van der Waals surface area (Å²) in [5, 5.41) is 0. The SMILES string of the molecule is CN1CCC2(CC1)CC(=O)C1=C2CCCC1. The number of hydrogen-bond donors (Lipinski definition) is 0. The number of piperidine rings is 1. The van der Waals surface area contributed by atoms with Gasteiger partial charge in [-0.15, -0.1) is 0 Å². The number of allylic oxidation sites excluding steroid dienone is 2. The minimum absolute atomic E-state index is 0.305. The second-order valence-electron chi connectivity index (χ2n) is 5.85. The van der Waals surface area contributed by atoms with Gasteiger partial charge in [-0.25, -0.2) is 0 Å². The molecule has 0 bridgehead atoms. The highest BCUT2D eigenvalue weighted by atomic mass is 16.1. The fraction of sp³-hybridized carbons (Fsp3) is 0.786. The minimum Gasteiger partial charge on any atom is -0.306 e. The van der Waals surface area contributed by atoms with Gasteiger partial charge in [0.1, 0.15) is 0 Å². The molecule has 0 radical (unpaired) electrons. The molecule has 16 heavy (non-hydrogen) atoms. The fourth-order valence-electron chi connectivity index (χ4n) is 3.84. The second kappa shape index (κ2) is 3.69. The smallest absolute Gasteiger partial charge is 0.159 e. The Balaban J connectivity index is 1.91. The first-order valence-corrected chi connectivity index (χ1v) is 6.66. The van der Waals surface area contributed by atoms with Gasteiger partial charge >= 0.3 is 0 Å². The molecule has 0 saturated carbocycles. The molecule has 1 saturated heterocycles. The van der Waals surface area contributed by atoms with E-state index in [1.807, 2.05) is 0 Å². The molecule has 88 valence electrons. The van der Waals surface area contributed by atoms with Crippen molar-refractivity contribution in [3.8, 4) is 0 Å². The maximum Gasteiger partial charge on any atom is 0.159 e. The van der Waals surface area contributed by atoms with Gasteiger partial charge in [0.25, 0.3) is 0 Å². The number of likely N-dealkylation sites (tertiary alicyclic amines) is 1. The average molecular weight is 219 g/mol. The molecule has 0 aromatic rings. The van der Waals surface area contributed by atoms with Crippen molar-refractivity contribution in [3.05, 3.63) is 11.1 Å². The fourth-order valence-corrected chi connectivity index (χ4v) is 3.84. The number of nitrogens with zero attached hydrogens (tertiary/aromatic N) is 1. The van der Waals surface area contributed by atoms with Crippen LogP contribution in [-0.4, -0.2) is 30.8 Å². The topological polar surface area (TPSA) is 20.3 Å². The lowest BCUT2D eigenvalue weighted by atomic mass is 9.70. The van der Waals surface area contributed by atoms with Crippen LogP contribution in [0.3, 0.4) is 0 Å². The summed E-state index contributed by atoms with van der Waals surface area (Å²) in [6, 6.07) is 0. The Morgan fingerprint density at radius 1 is 1.12 bits per heavy atom. The average Bonchev–Trinajstić information content (AvgIpc) is 2.58. The molecule has 1 fully saturated rings. The first-order valence-electron chi connectivity index (χ1n) is 6.66. The predicted octanol–water partition coefficient (Wildman–Crippen LogP) is 2.54.